The predicted molar refractivity (Wildman–Crippen MR) is 51.5 cm³/mol. The van der Waals surface area contributed by atoms with Crippen molar-refractivity contribution in [2.45, 2.75) is 44.9 Å². The maximum absolute atomic E-state index is 11.4. The fourth-order valence-corrected chi connectivity index (χ4v) is 2.00. The second-order valence-electron chi connectivity index (χ2n) is 2.95. The SMILES string of the molecule is CCC(CC)NS(=O)(=O)C(C)C#N. The third-order valence-corrected chi connectivity index (χ3v) is 3.66. The lowest BCUT2D eigenvalue weighted by Crippen LogP contribution is -2.38. The van der Waals surface area contributed by atoms with Crippen molar-refractivity contribution in [2.24, 2.45) is 0 Å². The minimum absolute atomic E-state index is 0.0548. The molecule has 0 aromatic rings. The molecule has 0 saturated heterocycles. The maximum atomic E-state index is 11.4. The normalized spacial score (nSPS) is 14.1. The zero-order valence-corrected chi connectivity index (χ0v) is 9.06. The number of sulfonamides is 1. The van der Waals surface area contributed by atoms with E-state index in [2.05, 4.69) is 4.72 Å². The summed E-state index contributed by atoms with van der Waals surface area (Å²) in [4.78, 5) is 0. The molecule has 0 saturated carbocycles. The second-order valence-corrected chi connectivity index (χ2v) is 4.98. The van der Waals surface area contributed by atoms with Crippen LogP contribution in [0, 0.1) is 11.3 Å². The zero-order valence-electron chi connectivity index (χ0n) is 8.24. The van der Waals surface area contributed by atoms with Crippen LogP contribution in [0.3, 0.4) is 0 Å². The van der Waals surface area contributed by atoms with Gasteiger partial charge in [0.15, 0.2) is 5.25 Å². The number of nitrogens with one attached hydrogen (secondary N) is 1. The van der Waals surface area contributed by atoms with E-state index in [0.717, 1.165) is 12.8 Å². The molecule has 0 aromatic carbocycles. The minimum atomic E-state index is -3.44. The highest BCUT2D eigenvalue weighted by atomic mass is 32.2. The molecule has 0 amide bonds. The van der Waals surface area contributed by atoms with Gasteiger partial charge in [-0.3, -0.25) is 0 Å². The number of hydrogen-bond acceptors (Lipinski definition) is 3. The first-order valence-corrected chi connectivity index (χ1v) is 5.93. The first-order chi connectivity index (χ1) is 5.97. The average molecular weight is 204 g/mol. The number of nitriles is 1. The van der Waals surface area contributed by atoms with Crippen molar-refractivity contribution in [1.29, 1.82) is 5.26 Å². The second kappa shape index (κ2) is 5.20. The summed E-state index contributed by atoms with van der Waals surface area (Å²) in [6.07, 6.45) is 1.49. The van der Waals surface area contributed by atoms with Crippen LogP contribution in [0.4, 0.5) is 0 Å². The lowest BCUT2D eigenvalue weighted by atomic mass is 10.2. The van der Waals surface area contributed by atoms with Crippen LogP contribution in [-0.2, 0) is 10.0 Å². The Morgan fingerprint density at radius 1 is 1.38 bits per heavy atom. The summed E-state index contributed by atoms with van der Waals surface area (Å²) in [7, 11) is -3.44. The molecular formula is C8H16N2O2S. The third-order valence-electron chi connectivity index (χ3n) is 1.96. The van der Waals surface area contributed by atoms with E-state index < -0.39 is 15.3 Å². The zero-order chi connectivity index (χ0) is 10.5. The van der Waals surface area contributed by atoms with E-state index in [0.29, 0.717) is 0 Å². The largest absolute Gasteiger partial charge is 0.227 e. The molecule has 1 atom stereocenters. The molecule has 0 aliphatic carbocycles. The standard InChI is InChI=1S/C8H16N2O2S/c1-4-8(5-2)10-13(11,12)7(3)6-9/h7-8,10H,4-5H2,1-3H3. The number of rotatable bonds is 5. The van der Waals surface area contributed by atoms with Crippen LogP contribution < -0.4 is 4.72 Å². The number of hydrogen-bond donors (Lipinski definition) is 1. The highest BCUT2D eigenvalue weighted by Crippen LogP contribution is 2.03. The minimum Gasteiger partial charge on any atom is -0.211 e. The topological polar surface area (TPSA) is 70.0 Å². The molecule has 0 aliphatic heterocycles. The van der Waals surface area contributed by atoms with Crippen LogP contribution in [0.25, 0.3) is 0 Å². The van der Waals surface area contributed by atoms with Crippen LogP contribution in [0.2, 0.25) is 0 Å². The van der Waals surface area contributed by atoms with Crippen LogP contribution in [0.1, 0.15) is 33.6 Å². The van der Waals surface area contributed by atoms with Crippen LogP contribution in [-0.4, -0.2) is 19.7 Å². The van der Waals surface area contributed by atoms with Gasteiger partial charge in [0.05, 0.1) is 6.07 Å². The van der Waals surface area contributed by atoms with Gasteiger partial charge >= 0.3 is 0 Å². The van der Waals surface area contributed by atoms with E-state index in [1.165, 1.54) is 6.92 Å². The molecule has 0 fully saturated rings. The molecule has 4 nitrogen and oxygen atoms in total. The molecule has 0 radical (unpaired) electrons. The first-order valence-electron chi connectivity index (χ1n) is 4.38. The third kappa shape index (κ3) is 3.75. The molecule has 1 N–H and O–H groups in total. The maximum Gasteiger partial charge on any atom is 0.227 e. The quantitative estimate of drug-likeness (QED) is 0.726. The van der Waals surface area contributed by atoms with Gasteiger partial charge in [-0.1, -0.05) is 13.8 Å². The number of nitrogens with zero attached hydrogens (tertiary/aromatic N) is 1. The van der Waals surface area contributed by atoms with Crippen molar-refractivity contribution in [2.75, 3.05) is 0 Å². The Morgan fingerprint density at radius 3 is 2.15 bits per heavy atom. The molecule has 0 rings (SSSR count). The van der Waals surface area contributed by atoms with Crippen molar-refractivity contribution in [3.05, 3.63) is 0 Å². The van der Waals surface area contributed by atoms with Gasteiger partial charge in [0.2, 0.25) is 10.0 Å². The highest BCUT2D eigenvalue weighted by molar-refractivity contribution is 7.90. The van der Waals surface area contributed by atoms with E-state index in [1.807, 2.05) is 13.8 Å². The van der Waals surface area contributed by atoms with E-state index in [9.17, 15) is 8.42 Å². The van der Waals surface area contributed by atoms with Crippen LogP contribution >= 0.6 is 0 Å². The van der Waals surface area contributed by atoms with Crippen molar-refractivity contribution in [3.8, 4) is 6.07 Å². The molecule has 76 valence electrons. The van der Waals surface area contributed by atoms with Crippen molar-refractivity contribution in [1.82, 2.24) is 4.72 Å². The van der Waals surface area contributed by atoms with E-state index in [-0.39, 0.29) is 6.04 Å². The molecular weight excluding hydrogens is 188 g/mol. The van der Waals surface area contributed by atoms with Gasteiger partial charge in [0.25, 0.3) is 0 Å². The summed E-state index contributed by atoms with van der Waals surface area (Å²) in [5.41, 5.74) is 0. The molecule has 0 heterocycles. The average Bonchev–Trinajstić information content (AvgIpc) is 2.12. The van der Waals surface area contributed by atoms with Crippen molar-refractivity contribution >= 4 is 10.0 Å². The predicted octanol–water partition coefficient (Wildman–Crippen LogP) is 1.01. The molecule has 1 unspecified atom stereocenters. The van der Waals surface area contributed by atoms with Gasteiger partial charge in [-0.05, 0) is 19.8 Å². The summed E-state index contributed by atoms with van der Waals surface area (Å²) < 4.78 is 25.2. The van der Waals surface area contributed by atoms with Gasteiger partial charge in [0.1, 0.15) is 0 Å². The lowest BCUT2D eigenvalue weighted by Gasteiger charge is -2.15. The van der Waals surface area contributed by atoms with Crippen LogP contribution in [0.15, 0.2) is 0 Å². The smallest absolute Gasteiger partial charge is 0.211 e. The molecule has 0 bridgehead atoms. The Kier molecular flexibility index (Phi) is 4.96. The Morgan fingerprint density at radius 2 is 1.85 bits per heavy atom. The van der Waals surface area contributed by atoms with Crippen molar-refractivity contribution in [3.63, 3.8) is 0 Å². The summed E-state index contributed by atoms with van der Waals surface area (Å²) in [6, 6.07) is 1.65. The van der Waals surface area contributed by atoms with Gasteiger partial charge in [-0.15, -0.1) is 0 Å². The molecule has 0 aliphatic rings. The lowest BCUT2D eigenvalue weighted by molar-refractivity contribution is 0.527. The van der Waals surface area contributed by atoms with E-state index >= 15 is 0 Å². The van der Waals surface area contributed by atoms with E-state index in [4.69, 9.17) is 5.26 Å². The Labute approximate surface area is 80.0 Å². The summed E-state index contributed by atoms with van der Waals surface area (Å²) in [5.74, 6) is 0. The monoisotopic (exact) mass is 204 g/mol. The van der Waals surface area contributed by atoms with Crippen LogP contribution in [0.5, 0.6) is 0 Å². The summed E-state index contributed by atoms with van der Waals surface area (Å²) in [5, 5.41) is 7.48. The highest BCUT2D eigenvalue weighted by Gasteiger charge is 2.22. The van der Waals surface area contributed by atoms with Gasteiger partial charge in [0, 0.05) is 6.04 Å². The van der Waals surface area contributed by atoms with Crippen molar-refractivity contribution < 1.29 is 8.42 Å². The van der Waals surface area contributed by atoms with Gasteiger partial charge < -0.3 is 0 Å². The van der Waals surface area contributed by atoms with Gasteiger partial charge in [-0.2, -0.15) is 5.26 Å². The Bertz CT molecular complexity index is 275. The molecule has 13 heavy (non-hydrogen) atoms. The van der Waals surface area contributed by atoms with E-state index in [1.54, 1.807) is 6.07 Å². The first kappa shape index (κ1) is 12.4. The molecule has 5 heteroatoms. The Balaban J connectivity index is 4.43. The Hall–Kier alpha value is -0.600. The summed E-state index contributed by atoms with van der Waals surface area (Å²) >= 11 is 0. The fraction of sp³-hybridized carbons (Fsp3) is 0.875. The summed E-state index contributed by atoms with van der Waals surface area (Å²) in [6.45, 7) is 5.20. The van der Waals surface area contributed by atoms with Gasteiger partial charge in [-0.25, -0.2) is 13.1 Å². The fourth-order valence-electron chi connectivity index (χ4n) is 0.859. The molecule has 0 aromatic heterocycles. The molecule has 0 spiro atoms.